The highest BCUT2D eigenvalue weighted by Crippen LogP contribution is 2.22. The Bertz CT molecular complexity index is 738. The van der Waals surface area contributed by atoms with Crippen LogP contribution < -0.4 is 9.44 Å². The lowest BCUT2D eigenvalue weighted by molar-refractivity contribution is 0.573. The second kappa shape index (κ2) is 6.51. The van der Waals surface area contributed by atoms with Gasteiger partial charge in [-0.1, -0.05) is 11.6 Å². The molecule has 1 rings (SSSR count). The van der Waals surface area contributed by atoms with Crippen molar-refractivity contribution in [3.63, 3.8) is 0 Å². The van der Waals surface area contributed by atoms with Gasteiger partial charge in [0.15, 0.2) is 0 Å². The number of hydrogen-bond donors (Lipinski definition) is 2. The van der Waals surface area contributed by atoms with Gasteiger partial charge in [-0.05, 0) is 18.2 Å². The molecule has 1 aromatic rings. The highest BCUT2D eigenvalue weighted by Gasteiger charge is 2.18. The smallest absolute Gasteiger partial charge is 0.214 e. The van der Waals surface area contributed by atoms with Gasteiger partial charge in [-0.15, -0.1) is 0 Å². The molecule has 0 radical (unpaired) electrons. The molecule has 0 spiro atoms. The van der Waals surface area contributed by atoms with Gasteiger partial charge in [0.2, 0.25) is 20.0 Å². The Hall–Kier alpha value is -1.18. The van der Waals surface area contributed by atoms with Gasteiger partial charge in [0.25, 0.3) is 0 Å². The van der Waals surface area contributed by atoms with Gasteiger partial charge >= 0.3 is 0 Å². The molecule has 0 heterocycles. The summed E-state index contributed by atoms with van der Waals surface area (Å²) in [6.07, 6.45) is 0.967. The molecule has 10 heteroatoms. The molecule has 0 bridgehead atoms. The van der Waals surface area contributed by atoms with Crippen molar-refractivity contribution in [2.45, 2.75) is 4.90 Å². The van der Waals surface area contributed by atoms with Gasteiger partial charge in [-0.25, -0.2) is 26.3 Å². The van der Waals surface area contributed by atoms with Gasteiger partial charge in [-0.2, -0.15) is 5.26 Å². The molecule has 0 aliphatic heterocycles. The van der Waals surface area contributed by atoms with Crippen molar-refractivity contribution in [2.75, 3.05) is 19.3 Å². The molecular formula is C10H12ClN3O4S2. The molecule has 0 aliphatic carbocycles. The maximum Gasteiger partial charge on any atom is 0.242 e. The van der Waals surface area contributed by atoms with Crippen LogP contribution in [-0.2, 0) is 20.0 Å². The molecule has 1 aromatic carbocycles. The van der Waals surface area contributed by atoms with E-state index in [4.69, 9.17) is 16.9 Å². The lowest BCUT2D eigenvalue weighted by atomic mass is 10.2. The molecule has 0 saturated heterocycles. The van der Waals surface area contributed by atoms with E-state index in [1.807, 2.05) is 6.07 Å². The molecule has 0 atom stereocenters. The Morgan fingerprint density at radius 2 is 1.80 bits per heavy atom. The number of nitriles is 1. The highest BCUT2D eigenvalue weighted by molar-refractivity contribution is 7.89. The Kier molecular flexibility index (Phi) is 5.50. The van der Waals surface area contributed by atoms with Crippen molar-refractivity contribution in [2.24, 2.45) is 0 Å². The van der Waals surface area contributed by atoms with Gasteiger partial charge in [-0.3, -0.25) is 0 Å². The van der Waals surface area contributed by atoms with Crippen LogP contribution in [-0.4, -0.2) is 36.2 Å². The van der Waals surface area contributed by atoms with Crippen LogP contribution in [0.25, 0.3) is 0 Å². The zero-order valence-corrected chi connectivity index (χ0v) is 12.8. The van der Waals surface area contributed by atoms with Crippen LogP contribution in [0.3, 0.4) is 0 Å². The van der Waals surface area contributed by atoms with Gasteiger partial charge in [0, 0.05) is 13.1 Å². The fourth-order valence-electron chi connectivity index (χ4n) is 1.28. The van der Waals surface area contributed by atoms with Crippen LogP contribution in [0.5, 0.6) is 0 Å². The van der Waals surface area contributed by atoms with Gasteiger partial charge < -0.3 is 0 Å². The van der Waals surface area contributed by atoms with E-state index < -0.39 is 20.0 Å². The number of nitrogens with one attached hydrogen (secondary N) is 2. The second-order valence-electron chi connectivity index (χ2n) is 3.82. The van der Waals surface area contributed by atoms with Crippen molar-refractivity contribution < 1.29 is 16.8 Å². The first-order valence-electron chi connectivity index (χ1n) is 5.30. The molecule has 0 saturated carbocycles. The van der Waals surface area contributed by atoms with Crippen LogP contribution in [0, 0.1) is 11.3 Å². The Balaban J connectivity index is 2.82. The topological polar surface area (TPSA) is 116 Å². The second-order valence-corrected chi connectivity index (χ2v) is 7.80. The van der Waals surface area contributed by atoms with E-state index in [0.29, 0.717) is 0 Å². The number of nitrogens with zero attached hydrogens (tertiary/aromatic N) is 1. The molecule has 0 aliphatic rings. The zero-order valence-electron chi connectivity index (χ0n) is 10.4. The van der Waals surface area contributed by atoms with E-state index >= 15 is 0 Å². The predicted octanol–water partition coefficient (Wildman–Crippen LogP) is 0.0392. The molecule has 0 aromatic heterocycles. The molecule has 0 amide bonds. The number of halogens is 1. The Morgan fingerprint density at radius 1 is 1.20 bits per heavy atom. The Morgan fingerprint density at radius 3 is 2.35 bits per heavy atom. The molecule has 0 fully saturated rings. The standard InChI is InChI=1S/C10H12ClN3O4S2/c1-19(15,16)13-4-5-14-20(17,18)10-6-8(7-12)2-3-9(10)11/h2-3,6,13-14H,4-5H2,1H3. The summed E-state index contributed by atoms with van der Waals surface area (Å²) in [5.41, 5.74) is 0.157. The number of hydrogen-bond acceptors (Lipinski definition) is 5. The normalized spacial score (nSPS) is 12.1. The van der Waals surface area contributed by atoms with Gasteiger partial charge in [0.05, 0.1) is 22.9 Å². The third-order valence-electron chi connectivity index (χ3n) is 2.13. The number of benzene rings is 1. The van der Waals surface area contributed by atoms with E-state index in [2.05, 4.69) is 9.44 Å². The average Bonchev–Trinajstić information content (AvgIpc) is 2.34. The predicted molar refractivity (Wildman–Crippen MR) is 74.2 cm³/mol. The summed E-state index contributed by atoms with van der Waals surface area (Å²) < 4.78 is 49.9. The van der Waals surface area contributed by atoms with Crippen LogP contribution in [0.4, 0.5) is 0 Å². The van der Waals surface area contributed by atoms with Crippen molar-refractivity contribution >= 4 is 31.6 Å². The first kappa shape index (κ1) is 16.9. The molecule has 7 nitrogen and oxygen atoms in total. The third-order valence-corrected chi connectivity index (χ3v) is 4.80. The summed E-state index contributed by atoms with van der Waals surface area (Å²) in [5.74, 6) is 0. The molecule has 2 N–H and O–H groups in total. The summed E-state index contributed by atoms with van der Waals surface area (Å²) >= 11 is 5.78. The Labute approximate surface area is 122 Å². The summed E-state index contributed by atoms with van der Waals surface area (Å²) in [4.78, 5) is -0.224. The van der Waals surface area contributed by atoms with Crippen LogP contribution in [0.2, 0.25) is 5.02 Å². The van der Waals surface area contributed by atoms with Crippen molar-refractivity contribution in [1.82, 2.24) is 9.44 Å². The largest absolute Gasteiger partial charge is 0.242 e. The summed E-state index contributed by atoms with van der Waals surface area (Å²) in [7, 11) is -7.29. The van der Waals surface area contributed by atoms with Crippen molar-refractivity contribution in [3.8, 4) is 6.07 Å². The van der Waals surface area contributed by atoms with Crippen molar-refractivity contribution in [3.05, 3.63) is 28.8 Å². The van der Waals surface area contributed by atoms with Crippen LogP contribution in [0.15, 0.2) is 23.1 Å². The van der Waals surface area contributed by atoms with Gasteiger partial charge in [0.1, 0.15) is 4.90 Å². The lowest BCUT2D eigenvalue weighted by Crippen LogP contribution is -2.34. The monoisotopic (exact) mass is 337 g/mol. The summed E-state index contributed by atoms with van der Waals surface area (Å²) in [5, 5.41) is 8.72. The SMILES string of the molecule is CS(=O)(=O)NCCNS(=O)(=O)c1cc(C#N)ccc1Cl. The van der Waals surface area contributed by atoms with E-state index in [1.165, 1.54) is 12.1 Å². The maximum atomic E-state index is 12.0. The first-order valence-corrected chi connectivity index (χ1v) is 9.05. The minimum Gasteiger partial charge on any atom is -0.214 e. The van der Waals surface area contributed by atoms with Crippen LogP contribution >= 0.6 is 11.6 Å². The highest BCUT2D eigenvalue weighted by atomic mass is 35.5. The fraction of sp³-hybridized carbons (Fsp3) is 0.300. The minimum atomic E-state index is -3.91. The quantitative estimate of drug-likeness (QED) is 0.711. The molecule has 20 heavy (non-hydrogen) atoms. The van der Waals surface area contributed by atoms with E-state index in [9.17, 15) is 16.8 Å². The minimum absolute atomic E-state index is 0.0208. The molecule has 110 valence electrons. The lowest BCUT2D eigenvalue weighted by Gasteiger charge is -2.08. The first-order chi connectivity index (χ1) is 9.15. The van der Waals surface area contributed by atoms with E-state index in [1.54, 1.807) is 0 Å². The molecule has 0 unspecified atom stereocenters. The van der Waals surface area contributed by atoms with E-state index in [0.717, 1.165) is 12.3 Å². The average molecular weight is 338 g/mol. The van der Waals surface area contributed by atoms with Crippen molar-refractivity contribution in [1.29, 1.82) is 5.26 Å². The summed E-state index contributed by atoms with van der Waals surface area (Å²) in [6.45, 7) is -0.226. The van der Waals surface area contributed by atoms with E-state index in [-0.39, 0.29) is 28.6 Å². The third kappa shape index (κ3) is 5.07. The fourth-order valence-corrected chi connectivity index (χ4v) is 3.31. The summed E-state index contributed by atoms with van der Waals surface area (Å²) in [6, 6.07) is 5.66. The zero-order chi connectivity index (χ0) is 15.4. The van der Waals surface area contributed by atoms with Crippen LogP contribution in [0.1, 0.15) is 5.56 Å². The number of rotatable bonds is 6. The maximum absolute atomic E-state index is 12.0. The molecular weight excluding hydrogens is 326 g/mol. The number of sulfonamides is 2.